The van der Waals surface area contributed by atoms with E-state index in [1.165, 1.54) is 18.3 Å². The summed E-state index contributed by atoms with van der Waals surface area (Å²) < 4.78 is 37.7. The minimum absolute atomic E-state index is 0.191. The first kappa shape index (κ1) is 25.5. The topological polar surface area (TPSA) is 114 Å². The number of carbonyl (C=O) groups excluding carboxylic acids is 2. The number of ether oxygens (including phenoxy) is 2. The molecule has 0 aliphatic carbocycles. The van der Waals surface area contributed by atoms with Gasteiger partial charge in [-0.05, 0) is 36.6 Å². The zero-order chi connectivity index (χ0) is 24.7. The van der Waals surface area contributed by atoms with Crippen LogP contribution >= 0.6 is 0 Å². The number of rotatable bonds is 9. The van der Waals surface area contributed by atoms with Gasteiger partial charge in [0, 0.05) is 38.5 Å². The summed E-state index contributed by atoms with van der Waals surface area (Å²) >= 11 is 0. The molecule has 0 bridgehead atoms. The summed E-state index contributed by atoms with van der Waals surface area (Å²) in [5, 5.41) is 5.68. The van der Waals surface area contributed by atoms with Crippen molar-refractivity contribution in [3.63, 3.8) is 0 Å². The number of carbonyl (C=O) groups is 2. The van der Waals surface area contributed by atoms with Gasteiger partial charge in [-0.3, -0.25) is 9.59 Å². The number of nitrogens with zero attached hydrogens (tertiary/aromatic N) is 1. The van der Waals surface area contributed by atoms with Crippen LogP contribution in [-0.4, -0.2) is 63.9 Å². The molecule has 34 heavy (non-hydrogen) atoms. The Morgan fingerprint density at radius 3 is 2.32 bits per heavy atom. The van der Waals surface area contributed by atoms with Crippen LogP contribution in [0, 0.1) is 0 Å². The van der Waals surface area contributed by atoms with Gasteiger partial charge in [-0.15, -0.1) is 0 Å². The molecular weight excluding hydrogens is 458 g/mol. The predicted molar refractivity (Wildman–Crippen MR) is 127 cm³/mol. The second-order valence-corrected chi connectivity index (χ2v) is 10.1. The van der Waals surface area contributed by atoms with E-state index in [2.05, 4.69) is 10.6 Å². The number of nitrogens with one attached hydrogen (secondary N) is 2. The molecular formula is C24H31N3O6S. The van der Waals surface area contributed by atoms with Gasteiger partial charge in [0.2, 0.25) is 21.8 Å². The first-order chi connectivity index (χ1) is 16.2. The fourth-order valence-electron chi connectivity index (χ4n) is 3.98. The number of benzene rings is 2. The highest BCUT2D eigenvalue weighted by atomic mass is 32.2. The fourth-order valence-corrected chi connectivity index (χ4v) is 5.47. The van der Waals surface area contributed by atoms with Crippen molar-refractivity contribution in [1.82, 2.24) is 14.9 Å². The second-order valence-electron chi connectivity index (χ2n) is 8.14. The molecule has 1 aliphatic rings. The summed E-state index contributed by atoms with van der Waals surface area (Å²) in [4.78, 5) is 25.1. The quantitative estimate of drug-likeness (QED) is 0.555. The Bertz CT molecular complexity index is 1100. The number of hydrogen-bond acceptors (Lipinski definition) is 6. The van der Waals surface area contributed by atoms with Crippen molar-refractivity contribution in [3.8, 4) is 11.5 Å². The van der Waals surface area contributed by atoms with Crippen LogP contribution in [0.2, 0.25) is 0 Å². The third-order valence-electron chi connectivity index (χ3n) is 5.79. The molecule has 1 atom stereocenters. The van der Waals surface area contributed by atoms with Gasteiger partial charge >= 0.3 is 0 Å². The number of methoxy groups -OCH3 is 2. The molecule has 10 heteroatoms. The van der Waals surface area contributed by atoms with Crippen molar-refractivity contribution in [1.29, 1.82) is 0 Å². The average Bonchev–Trinajstić information content (AvgIpc) is 2.84. The Morgan fingerprint density at radius 1 is 1.06 bits per heavy atom. The molecule has 2 aromatic rings. The van der Waals surface area contributed by atoms with Crippen molar-refractivity contribution in [3.05, 3.63) is 54.1 Å². The van der Waals surface area contributed by atoms with Crippen LogP contribution in [0.5, 0.6) is 11.5 Å². The van der Waals surface area contributed by atoms with Gasteiger partial charge in [0.15, 0.2) is 0 Å². The Morgan fingerprint density at radius 2 is 1.74 bits per heavy atom. The van der Waals surface area contributed by atoms with E-state index in [9.17, 15) is 18.0 Å². The highest BCUT2D eigenvalue weighted by molar-refractivity contribution is 7.89. The third-order valence-corrected chi connectivity index (χ3v) is 7.71. The Labute approximate surface area is 200 Å². The van der Waals surface area contributed by atoms with Gasteiger partial charge in [0.25, 0.3) is 0 Å². The van der Waals surface area contributed by atoms with E-state index in [0.29, 0.717) is 37.4 Å². The SMILES string of the molecule is COc1ccc(C[C@@H](NC(C)=O)C(=O)NC2CCN(S(=O)(=O)c3ccccc3)CC2)c(OC)c1. The van der Waals surface area contributed by atoms with Gasteiger partial charge in [0.05, 0.1) is 19.1 Å². The number of hydrogen-bond donors (Lipinski definition) is 2. The zero-order valence-electron chi connectivity index (χ0n) is 19.6. The minimum atomic E-state index is -3.56. The Hall–Kier alpha value is -3.11. The lowest BCUT2D eigenvalue weighted by molar-refractivity contribution is -0.128. The molecule has 2 aromatic carbocycles. The van der Waals surface area contributed by atoms with E-state index >= 15 is 0 Å². The highest BCUT2D eigenvalue weighted by Gasteiger charge is 2.31. The predicted octanol–water partition coefficient (Wildman–Crippen LogP) is 1.72. The van der Waals surface area contributed by atoms with Crippen LogP contribution in [0.3, 0.4) is 0 Å². The number of amides is 2. The molecule has 184 valence electrons. The largest absolute Gasteiger partial charge is 0.497 e. The first-order valence-corrected chi connectivity index (χ1v) is 12.5. The lowest BCUT2D eigenvalue weighted by atomic mass is 10.0. The van der Waals surface area contributed by atoms with Crippen molar-refractivity contribution in [2.24, 2.45) is 0 Å². The standard InChI is InChI=1S/C24H31N3O6S/c1-17(28)25-22(15-18-9-10-20(32-2)16-23(18)33-3)24(29)26-19-11-13-27(14-12-19)34(30,31)21-7-5-4-6-8-21/h4-10,16,19,22H,11-15H2,1-3H3,(H,25,28)(H,26,29)/t22-/m1/s1. The molecule has 1 fully saturated rings. The number of piperidine rings is 1. The molecule has 0 spiro atoms. The lowest BCUT2D eigenvalue weighted by Gasteiger charge is -2.32. The van der Waals surface area contributed by atoms with Crippen molar-refractivity contribution in [2.75, 3.05) is 27.3 Å². The molecule has 1 heterocycles. The normalized spacial score (nSPS) is 15.9. The first-order valence-electron chi connectivity index (χ1n) is 11.1. The van der Waals surface area contributed by atoms with Crippen LogP contribution in [0.1, 0.15) is 25.3 Å². The van der Waals surface area contributed by atoms with E-state index in [1.54, 1.807) is 55.6 Å². The third kappa shape index (κ3) is 6.27. The maximum absolute atomic E-state index is 13.1. The summed E-state index contributed by atoms with van der Waals surface area (Å²) in [6.07, 6.45) is 1.20. The zero-order valence-corrected chi connectivity index (χ0v) is 20.4. The van der Waals surface area contributed by atoms with E-state index in [4.69, 9.17) is 9.47 Å². The lowest BCUT2D eigenvalue weighted by Crippen LogP contribution is -2.53. The van der Waals surface area contributed by atoms with Gasteiger partial charge in [-0.2, -0.15) is 4.31 Å². The summed E-state index contributed by atoms with van der Waals surface area (Å²) in [6.45, 7) is 1.97. The maximum Gasteiger partial charge on any atom is 0.243 e. The van der Waals surface area contributed by atoms with Crippen LogP contribution < -0.4 is 20.1 Å². The summed E-state index contributed by atoms with van der Waals surface area (Å²) in [5.74, 6) is 0.536. The highest BCUT2D eigenvalue weighted by Crippen LogP contribution is 2.26. The number of sulfonamides is 1. The van der Waals surface area contributed by atoms with Crippen molar-refractivity contribution >= 4 is 21.8 Å². The van der Waals surface area contributed by atoms with E-state index < -0.39 is 16.1 Å². The van der Waals surface area contributed by atoms with Crippen LogP contribution in [0.25, 0.3) is 0 Å². The van der Waals surface area contributed by atoms with E-state index in [-0.39, 0.29) is 29.2 Å². The second kappa shape index (κ2) is 11.3. The molecule has 9 nitrogen and oxygen atoms in total. The molecule has 2 amide bonds. The fraction of sp³-hybridized carbons (Fsp3) is 0.417. The van der Waals surface area contributed by atoms with Crippen LogP contribution in [0.15, 0.2) is 53.4 Å². The smallest absolute Gasteiger partial charge is 0.243 e. The van der Waals surface area contributed by atoms with Crippen LogP contribution in [-0.2, 0) is 26.0 Å². The van der Waals surface area contributed by atoms with Gasteiger partial charge in [-0.25, -0.2) is 8.42 Å². The molecule has 0 aromatic heterocycles. The van der Waals surface area contributed by atoms with Crippen molar-refractivity contribution in [2.45, 2.75) is 43.2 Å². The summed E-state index contributed by atoms with van der Waals surface area (Å²) in [5.41, 5.74) is 0.751. The summed E-state index contributed by atoms with van der Waals surface area (Å²) in [7, 11) is -0.476. The van der Waals surface area contributed by atoms with Crippen LogP contribution in [0.4, 0.5) is 0 Å². The monoisotopic (exact) mass is 489 g/mol. The molecule has 0 radical (unpaired) electrons. The van der Waals surface area contributed by atoms with E-state index in [0.717, 1.165) is 5.56 Å². The molecule has 3 rings (SSSR count). The molecule has 1 saturated heterocycles. The Kier molecular flexibility index (Phi) is 8.51. The van der Waals surface area contributed by atoms with Gasteiger partial charge < -0.3 is 20.1 Å². The van der Waals surface area contributed by atoms with E-state index in [1.807, 2.05) is 0 Å². The molecule has 2 N–H and O–H groups in total. The summed E-state index contributed by atoms with van der Waals surface area (Å²) in [6, 6.07) is 12.6. The van der Waals surface area contributed by atoms with Gasteiger partial charge in [0.1, 0.15) is 17.5 Å². The maximum atomic E-state index is 13.1. The molecule has 0 saturated carbocycles. The van der Waals surface area contributed by atoms with Crippen molar-refractivity contribution < 1.29 is 27.5 Å². The molecule has 1 aliphatic heterocycles. The van der Waals surface area contributed by atoms with Gasteiger partial charge in [-0.1, -0.05) is 24.3 Å². The molecule has 0 unspecified atom stereocenters. The Balaban J connectivity index is 1.64. The minimum Gasteiger partial charge on any atom is -0.497 e. The average molecular weight is 490 g/mol.